The van der Waals surface area contributed by atoms with Gasteiger partial charge in [-0.05, 0) is 35.4 Å². The van der Waals surface area contributed by atoms with Crippen LogP contribution in [0.5, 0.6) is 11.5 Å². The van der Waals surface area contributed by atoms with Crippen molar-refractivity contribution in [2.24, 2.45) is 0 Å². The summed E-state index contributed by atoms with van der Waals surface area (Å²) in [6.07, 6.45) is -1.28. The molecule has 0 radical (unpaired) electrons. The molecule has 182 valence electrons. The molecule has 3 rings (SSSR count). The zero-order valence-electron chi connectivity index (χ0n) is 19.2. The van der Waals surface area contributed by atoms with Crippen molar-refractivity contribution in [3.8, 4) is 11.5 Å². The average Bonchev–Trinajstić information content (AvgIpc) is 2.82. The van der Waals surface area contributed by atoms with Crippen molar-refractivity contribution >= 4 is 23.2 Å². The van der Waals surface area contributed by atoms with Crippen molar-refractivity contribution in [1.29, 1.82) is 0 Å². The molecule has 0 saturated carbocycles. The van der Waals surface area contributed by atoms with E-state index >= 15 is 0 Å². The lowest BCUT2D eigenvalue weighted by atomic mass is 9.78. The van der Waals surface area contributed by atoms with Crippen LogP contribution in [0.15, 0.2) is 42.5 Å². The fraction of sp³-hybridized carbons (Fsp3) is 0.520. The highest BCUT2D eigenvalue weighted by molar-refractivity contribution is 6.32. The van der Waals surface area contributed by atoms with E-state index in [0.29, 0.717) is 30.5 Å². The van der Waals surface area contributed by atoms with E-state index in [2.05, 4.69) is 18.7 Å². The maximum atomic E-state index is 10.3. The molecule has 2 aromatic rings. The average molecular weight is 498 g/mol. The Bertz CT molecular complexity index is 872. The number of β-amino-alcohol motifs (C(OH)–C–C–N with tert-alkyl or cyclic N) is 1. The van der Waals surface area contributed by atoms with Crippen molar-refractivity contribution in [3.05, 3.63) is 58.6 Å². The number of aliphatic hydroxyl groups is 2. The molecule has 0 spiro atoms. The second kappa shape index (κ2) is 12.2. The second-order valence-corrected chi connectivity index (χ2v) is 9.51. The molecule has 0 bridgehead atoms. The first-order valence-corrected chi connectivity index (χ1v) is 12.1. The fourth-order valence-electron chi connectivity index (χ4n) is 3.70. The standard InChI is InChI=1S/C25H33Cl2NO5/c1-25(2,19-5-8-24(23(27)13-19)33-16-20(29)14-26)18-3-6-22(7-4-18)32-17-21(30)15-28-9-11-31-12-10-28/h3-8,13,20-21,29-30H,9-12,14-17H2,1-2H3/t20-,21-/m1/s1. The summed E-state index contributed by atoms with van der Waals surface area (Å²) in [5.41, 5.74) is 1.84. The van der Waals surface area contributed by atoms with Gasteiger partial charge in [0.05, 0.1) is 24.1 Å². The van der Waals surface area contributed by atoms with E-state index in [1.54, 1.807) is 0 Å². The monoisotopic (exact) mass is 497 g/mol. The zero-order chi connectivity index (χ0) is 23.8. The van der Waals surface area contributed by atoms with Gasteiger partial charge in [-0.15, -0.1) is 11.6 Å². The van der Waals surface area contributed by atoms with Crippen LogP contribution in [-0.4, -0.2) is 79.3 Å². The normalized spacial score (nSPS) is 16.9. The summed E-state index contributed by atoms with van der Waals surface area (Å²) in [5.74, 6) is 1.34. The van der Waals surface area contributed by atoms with Gasteiger partial charge in [-0.1, -0.05) is 43.6 Å². The Morgan fingerprint density at radius 2 is 1.61 bits per heavy atom. The van der Waals surface area contributed by atoms with Gasteiger partial charge in [-0.3, -0.25) is 4.90 Å². The molecule has 0 amide bonds. The summed E-state index contributed by atoms with van der Waals surface area (Å²) < 4.78 is 16.7. The van der Waals surface area contributed by atoms with Crippen molar-refractivity contribution < 1.29 is 24.4 Å². The molecular formula is C25H33Cl2NO5. The molecular weight excluding hydrogens is 465 g/mol. The van der Waals surface area contributed by atoms with Crippen LogP contribution in [0.2, 0.25) is 5.02 Å². The predicted molar refractivity (Wildman–Crippen MR) is 131 cm³/mol. The first-order valence-electron chi connectivity index (χ1n) is 11.2. The number of halogens is 2. The van der Waals surface area contributed by atoms with Crippen molar-refractivity contribution in [1.82, 2.24) is 4.90 Å². The van der Waals surface area contributed by atoms with Gasteiger partial charge in [0, 0.05) is 25.0 Å². The second-order valence-electron chi connectivity index (χ2n) is 8.79. The number of nitrogens with zero attached hydrogens (tertiary/aromatic N) is 1. The molecule has 2 aromatic carbocycles. The minimum atomic E-state index is -0.736. The third-order valence-electron chi connectivity index (χ3n) is 5.85. The molecule has 8 heteroatoms. The van der Waals surface area contributed by atoms with E-state index in [4.69, 9.17) is 37.4 Å². The Kier molecular flexibility index (Phi) is 9.68. The molecule has 0 aromatic heterocycles. The summed E-state index contributed by atoms with van der Waals surface area (Å²) in [5, 5.41) is 20.3. The third-order valence-corrected chi connectivity index (χ3v) is 6.51. The van der Waals surface area contributed by atoms with Gasteiger partial charge in [0.1, 0.15) is 36.9 Å². The van der Waals surface area contributed by atoms with E-state index in [9.17, 15) is 10.2 Å². The van der Waals surface area contributed by atoms with Crippen LogP contribution in [0, 0.1) is 0 Å². The van der Waals surface area contributed by atoms with Gasteiger partial charge in [0.15, 0.2) is 0 Å². The van der Waals surface area contributed by atoms with Crippen molar-refractivity contribution in [3.63, 3.8) is 0 Å². The smallest absolute Gasteiger partial charge is 0.138 e. The van der Waals surface area contributed by atoms with Crippen LogP contribution in [0.1, 0.15) is 25.0 Å². The van der Waals surface area contributed by atoms with Gasteiger partial charge in [-0.25, -0.2) is 0 Å². The van der Waals surface area contributed by atoms with Crippen molar-refractivity contribution in [2.75, 3.05) is 51.9 Å². The number of aliphatic hydroxyl groups excluding tert-OH is 2. The highest BCUT2D eigenvalue weighted by Gasteiger charge is 2.24. The molecule has 1 aliphatic rings. The Balaban J connectivity index is 1.57. The molecule has 1 saturated heterocycles. The van der Waals surface area contributed by atoms with Crippen LogP contribution < -0.4 is 9.47 Å². The molecule has 0 unspecified atom stereocenters. The zero-order valence-corrected chi connectivity index (χ0v) is 20.7. The molecule has 2 atom stereocenters. The first kappa shape index (κ1) is 26.1. The quantitative estimate of drug-likeness (QED) is 0.461. The minimum absolute atomic E-state index is 0.0918. The van der Waals surface area contributed by atoms with Crippen LogP contribution in [0.4, 0.5) is 0 Å². The molecule has 6 nitrogen and oxygen atoms in total. The lowest BCUT2D eigenvalue weighted by Crippen LogP contribution is -2.42. The Morgan fingerprint density at radius 1 is 0.970 bits per heavy atom. The highest BCUT2D eigenvalue weighted by Crippen LogP contribution is 2.36. The summed E-state index contributed by atoms with van der Waals surface area (Å²) in [4.78, 5) is 2.19. The maximum absolute atomic E-state index is 10.3. The molecule has 1 aliphatic heterocycles. The molecule has 1 heterocycles. The van der Waals surface area contributed by atoms with E-state index in [1.807, 2.05) is 42.5 Å². The number of benzene rings is 2. The van der Waals surface area contributed by atoms with E-state index in [-0.39, 0.29) is 24.5 Å². The lowest BCUT2D eigenvalue weighted by molar-refractivity contribution is 0.00465. The summed E-state index contributed by atoms with van der Waals surface area (Å²) in [6.45, 7) is 8.27. The predicted octanol–water partition coefficient (Wildman–Crippen LogP) is 3.72. The summed E-state index contributed by atoms with van der Waals surface area (Å²) >= 11 is 12.0. The Morgan fingerprint density at radius 3 is 2.24 bits per heavy atom. The number of ether oxygens (including phenoxy) is 3. The third kappa shape index (κ3) is 7.47. The van der Waals surface area contributed by atoms with Crippen LogP contribution in [0.25, 0.3) is 0 Å². The first-order chi connectivity index (χ1) is 15.8. The van der Waals surface area contributed by atoms with E-state index in [0.717, 1.165) is 30.0 Å². The van der Waals surface area contributed by atoms with Crippen LogP contribution in [-0.2, 0) is 10.2 Å². The summed E-state index contributed by atoms with van der Waals surface area (Å²) in [6, 6.07) is 13.6. The Hall–Kier alpha value is -1.54. The van der Waals surface area contributed by atoms with Gasteiger partial charge >= 0.3 is 0 Å². The van der Waals surface area contributed by atoms with Gasteiger partial charge < -0.3 is 24.4 Å². The number of hydrogen-bond donors (Lipinski definition) is 2. The van der Waals surface area contributed by atoms with Crippen LogP contribution >= 0.6 is 23.2 Å². The Labute approximate surface area is 206 Å². The summed E-state index contributed by atoms with van der Waals surface area (Å²) in [7, 11) is 0. The molecule has 2 N–H and O–H groups in total. The minimum Gasteiger partial charge on any atom is -0.491 e. The molecule has 33 heavy (non-hydrogen) atoms. The van der Waals surface area contributed by atoms with E-state index < -0.39 is 12.2 Å². The SMILES string of the molecule is CC(C)(c1ccc(OC[C@H](O)CN2CCOCC2)cc1)c1ccc(OC[C@H](O)CCl)c(Cl)c1. The number of alkyl halides is 1. The largest absolute Gasteiger partial charge is 0.491 e. The van der Waals surface area contributed by atoms with E-state index in [1.165, 1.54) is 0 Å². The molecule has 0 aliphatic carbocycles. The van der Waals surface area contributed by atoms with Gasteiger partial charge in [-0.2, -0.15) is 0 Å². The molecule has 1 fully saturated rings. The maximum Gasteiger partial charge on any atom is 0.138 e. The lowest BCUT2D eigenvalue weighted by Gasteiger charge is -2.28. The number of rotatable bonds is 11. The van der Waals surface area contributed by atoms with Crippen LogP contribution in [0.3, 0.4) is 0 Å². The van der Waals surface area contributed by atoms with Crippen molar-refractivity contribution in [2.45, 2.75) is 31.5 Å². The number of morpholine rings is 1. The van der Waals surface area contributed by atoms with Gasteiger partial charge in [0.25, 0.3) is 0 Å². The van der Waals surface area contributed by atoms with Gasteiger partial charge in [0.2, 0.25) is 0 Å². The number of hydrogen-bond acceptors (Lipinski definition) is 6. The topological polar surface area (TPSA) is 71.4 Å². The fourth-order valence-corrected chi connectivity index (χ4v) is 4.02. The highest BCUT2D eigenvalue weighted by atomic mass is 35.5.